The molecule has 1 aliphatic heterocycles. The van der Waals surface area contributed by atoms with Crippen molar-refractivity contribution < 1.29 is 9.90 Å². The van der Waals surface area contributed by atoms with Gasteiger partial charge in [-0.1, -0.05) is 37.3 Å². The fourth-order valence-electron chi connectivity index (χ4n) is 2.75. The van der Waals surface area contributed by atoms with Crippen molar-refractivity contribution in [1.82, 2.24) is 4.90 Å². The number of rotatable bonds is 4. The van der Waals surface area contributed by atoms with Crippen LogP contribution in [0.25, 0.3) is 0 Å². The average molecular weight is 233 g/mol. The van der Waals surface area contributed by atoms with Gasteiger partial charge in [0, 0.05) is 6.04 Å². The van der Waals surface area contributed by atoms with Crippen LogP contribution in [0.2, 0.25) is 0 Å². The maximum atomic E-state index is 11.5. The molecular formula is C14H19NO2. The molecule has 17 heavy (non-hydrogen) atoms. The SMILES string of the molecule is CCC1CCCN1C(C(=O)O)c1ccccc1. The van der Waals surface area contributed by atoms with Gasteiger partial charge < -0.3 is 5.11 Å². The fourth-order valence-corrected chi connectivity index (χ4v) is 2.75. The van der Waals surface area contributed by atoms with E-state index in [1.165, 1.54) is 0 Å². The lowest BCUT2D eigenvalue weighted by atomic mass is 10.0. The van der Waals surface area contributed by atoms with E-state index in [-0.39, 0.29) is 0 Å². The van der Waals surface area contributed by atoms with E-state index in [0.717, 1.165) is 31.4 Å². The van der Waals surface area contributed by atoms with Gasteiger partial charge in [0.1, 0.15) is 6.04 Å². The molecule has 2 rings (SSSR count). The number of aliphatic carboxylic acids is 1. The summed E-state index contributed by atoms with van der Waals surface area (Å²) in [5.41, 5.74) is 0.889. The van der Waals surface area contributed by atoms with E-state index in [4.69, 9.17) is 0 Å². The number of carboxylic acids is 1. The summed E-state index contributed by atoms with van der Waals surface area (Å²) in [6, 6.07) is 9.47. The summed E-state index contributed by atoms with van der Waals surface area (Å²) in [4.78, 5) is 13.6. The van der Waals surface area contributed by atoms with Gasteiger partial charge in [0.2, 0.25) is 0 Å². The molecule has 0 amide bonds. The van der Waals surface area contributed by atoms with Gasteiger partial charge in [-0.15, -0.1) is 0 Å². The zero-order valence-corrected chi connectivity index (χ0v) is 10.2. The lowest BCUT2D eigenvalue weighted by molar-refractivity contribution is -0.144. The van der Waals surface area contributed by atoms with Crippen LogP contribution in [0.4, 0.5) is 0 Å². The molecule has 92 valence electrons. The van der Waals surface area contributed by atoms with E-state index in [9.17, 15) is 9.90 Å². The molecule has 0 radical (unpaired) electrons. The third-order valence-electron chi connectivity index (χ3n) is 3.57. The number of carboxylic acid groups (broad SMARTS) is 1. The monoisotopic (exact) mass is 233 g/mol. The molecule has 0 aliphatic carbocycles. The van der Waals surface area contributed by atoms with E-state index in [2.05, 4.69) is 11.8 Å². The van der Waals surface area contributed by atoms with Crippen LogP contribution in [0, 0.1) is 0 Å². The van der Waals surface area contributed by atoms with E-state index >= 15 is 0 Å². The lowest BCUT2D eigenvalue weighted by Gasteiger charge is -2.30. The van der Waals surface area contributed by atoms with Crippen molar-refractivity contribution in [2.75, 3.05) is 6.54 Å². The summed E-state index contributed by atoms with van der Waals surface area (Å²) in [5.74, 6) is -0.739. The third-order valence-corrected chi connectivity index (χ3v) is 3.57. The van der Waals surface area contributed by atoms with Crippen LogP contribution in [0.3, 0.4) is 0 Å². The Balaban J connectivity index is 2.27. The largest absolute Gasteiger partial charge is 0.480 e. The molecule has 1 aromatic rings. The first-order chi connectivity index (χ1) is 8.24. The van der Waals surface area contributed by atoms with Crippen molar-refractivity contribution in [3.05, 3.63) is 35.9 Å². The highest BCUT2D eigenvalue weighted by molar-refractivity contribution is 5.75. The van der Waals surface area contributed by atoms with Crippen molar-refractivity contribution in [2.24, 2.45) is 0 Å². The number of hydrogen-bond donors (Lipinski definition) is 1. The number of hydrogen-bond acceptors (Lipinski definition) is 2. The fraction of sp³-hybridized carbons (Fsp3) is 0.500. The second kappa shape index (κ2) is 5.32. The van der Waals surface area contributed by atoms with Crippen molar-refractivity contribution >= 4 is 5.97 Å². The molecule has 1 fully saturated rings. The third kappa shape index (κ3) is 2.50. The number of carbonyl (C=O) groups is 1. The first-order valence-electron chi connectivity index (χ1n) is 6.27. The van der Waals surface area contributed by atoms with E-state index in [1.54, 1.807) is 0 Å². The minimum absolute atomic E-state index is 0.413. The van der Waals surface area contributed by atoms with Gasteiger partial charge in [0.15, 0.2) is 0 Å². The maximum Gasteiger partial charge on any atom is 0.325 e. The van der Waals surface area contributed by atoms with Crippen LogP contribution in [-0.2, 0) is 4.79 Å². The molecule has 2 unspecified atom stereocenters. The molecule has 0 bridgehead atoms. The smallest absolute Gasteiger partial charge is 0.325 e. The van der Waals surface area contributed by atoms with Gasteiger partial charge in [-0.3, -0.25) is 9.69 Å². The molecule has 0 spiro atoms. The van der Waals surface area contributed by atoms with Crippen LogP contribution in [0.15, 0.2) is 30.3 Å². The zero-order valence-electron chi connectivity index (χ0n) is 10.2. The quantitative estimate of drug-likeness (QED) is 0.869. The van der Waals surface area contributed by atoms with Gasteiger partial charge in [-0.25, -0.2) is 0 Å². The summed E-state index contributed by atoms with van der Waals surface area (Å²) >= 11 is 0. The first-order valence-corrected chi connectivity index (χ1v) is 6.27. The summed E-state index contributed by atoms with van der Waals surface area (Å²) < 4.78 is 0. The molecule has 1 heterocycles. The minimum atomic E-state index is -0.739. The molecule has 0 saturated carbocycles. The Hall–Kier alpha value is -1.35. The number of benzene rings is 1. The van der Waals surface area contributed by atoms with E-state index in [0.29, 0.717) is 6.04 Å². The molecule has 2 atom stereocenters. The predicted molar refractivity (Wildman–Crippen MR) is 66.8 cm³/mol. The van der Waals surface area contributed by atoms with Gasteiger partial charge in [0.05, 0.1) is 0 Å². The van der Waals surface area contributed by atoms with Crippen molar-refractivity contribution in [1.29, 1.82) is 0 Å². The van der Waals surface area contributed by atoms with Crippen LogP contribution in [0.1, 0.15) is 37.8 Å². The van der Waals surface area contributed by atoms with Crippen molar-refractivity contribution in [2.45, 2.75) is 38.3 Å². The Kier molecular flexibility index (Phi) is 3.79. The van der Waals surface area contributed by atoms with Gasteiger partial charge in [0.25, 0.3) is 0 Å². The average Bonchev–Trinajstić information content (AvgIpc) is 2.78. The molecule has 1 saturated heterocycles. The lowest BCUT2D eigenvalue weighted by Crippen LogP contribution is -2.37. The highest BCUT2D eigenvalue weighted by Crippen LogP contribution is 2.30. The van der Waals surface area contributed by atoms with Crippen LogP contribution in [-0.4, -0.2) is 28.6 Å². The van der Waals surface area contributed by atoms with Crippen molar-refractivity contribution in [3.63, 3.8) is 0 Å². The second-order valence-electron chi connectivity index (χ2n) is 4.59. The molecule has 3 heteroatoms. The second-order valence-corrected chi connectivity index (χ2v) is 4.59. The van der Waals surface area contributed by atoms with Crippen molar-refractivity contribution in [3.8, 4) is 0 Å². The zero-order chi connectivity index (χ0) is 12.3. The van der Waals surface area contributed by atoms with E-state index in [1.807, 2.05) is 30.3 Å². The Morgan fingerprint density at radius 2 is 2.18 bits per heavy atom. The summed E-state index contributed by atoms with van der Waals surface area (Å²) in [5, 5.41) is 9.46. The van der Waals surface area contributed by atoms with Crippen LogP contribution in [0.5, 0.6) is 0 Å². The molecule has 3 nitrogen and oxygen atoms in total. The Morgan fingerprint density at radius 1 is 1.47 bits per heavy atom. The molecule has 0 aromatic heterocycles. The highest BCUT2D eigenvalue weighted by Gasteiger charge is 2.34. The van der Waals surface area contributed by atoms with Gasteiger partial charge in [-0.2, -0.15) is 0 Å². The molecule has 1 aliphatic rings. The standard InChI is InChI=1S/C14H19NO2/c1-2-12-9-6-10-15(12)13(14(16)17)11-7-4-3-5-8-11/h3-5,7-8,12-13H,2,6,9-10H2,1H3,(H,16,17). The van der Waals surface area contributed by atoms with Crippen LogP contribution < -0.4 is 0 Å². The Bertz CT molecular complexity index is 377. The number of likely N-dealkylation sites (tertiary alicyclic amines) is 1. The highest BCUT2D eigenvalue weighted by atomic mass is 16.4. The van der Waals surface area contributed by atoms with Gasteiger partial charge >= 0.3 is 5.97 Å². The van der Waals surface area contributed by atoms with Gasteiger partial charge in [-0.05, 0) is 31.4 Å². The molecule has 1 N–H and O–H groups in total. The molecule has 1 aromatic carbocycles. The minimum Gasteiger partial charge on any atom is -0.480 e. The molecular weight excluding hydrogens is 214 g/mol. The maximum absolute atomic E-state index is 11.5. The van der Waals surface area contributed by atoms with E-state index < -0.39 is 12.0 Å². The first kappa shape index (κ1) is 12.1. The normalized spacial score (nSPS) is 22.5. The topological polar surface area (TPSA) is 40.5 Å². The summed E-state index contributed by atoms with van der Waals surface area (Å²) in [7, 11) is 0. The number of nitrogens with zero attached hydrogens (tertiary/aromatic N) is 1. The summed E-state index contributed by atoms with van der Waals surface area (Å²) in [6.07, 6.45) is 3.25. The van der Waals surface area contributed by atoms with Crippen LogP contribution >= 0.6 is 0 Å². The predicted octanol–water partition coefficient (Wildman–Crippen LogP) is 2.69. The Labute approximate surface area is 102 Å². The Morgan fingerprint density at radius 3 is 2.76 bits per heavy atom. The summed E-state index contributed by atoms with van der Waals surface area (Å²) in [6.45, 7) is 3.03.